The first-order chi connectivity index (χ1) is 12.2. The van der Waals surface area contributed by atoms with E-state index in [2.05, 4.69) is 34.5 Å². The van der Waals surface area contributed by atoms with Gasteiger partial charge in [-0.3, -0.25) is 4.79 Å². The van der Waals surface area contributed by atoms with Gasteiger partial charge in [0.2, 0.25) is 0 Å². The van der Waals surface area contributed by atoms with Crippen LogP contribution in [0.25, 0.3) is 5.70 Å². The summed E-state index contributed by atoms with van der Waals surface area (Å²) in [4.78, 5) is 11.6. The van der Waals surface area contributed by atoms with Crippen LogP contribution in [-0.2, 0) is 17.6 Å². The maximum atomic E-state index is 11.6. The molecule has 0 aromatic heterocycles. The van der Waals surface area contributed by atoms with Crippen molar-refractivity contribution in [3.8, 4) is 11.5 Å². The van der Waals surface area contributed by atoms with Gasteiger partial charge in [0.05, 0.1) is 7.11 Å². The third-order valence-electron chi connectivity index (χ3n) is 4.66. The molecule has 2 aromatic carbocycles. The molecule has 0 bridgehead atoms. The Morgan fingerprint density at radius 1 is 1.00 bits per heavy atom. The Bertz CT molecular complexity index is 890. The van der Waals surface area contributed by atoms with Crippen molar-refractivity contribution in [2.24, 2.45) is 10.2 Å². The molecule has 0 N–H and O–H groups in total. The highest BCUT2D eigenvalue weighted by Crippen LogP contribution is 2.36. The average molecular weight is 334 g/mol. The molecule has 0 saturated carbocycles. The number of benzene rings is 2. The largest absolute Gasteiger partial charge is 0.493 e. The van der Waals surface area contributed by atoms with E-state index in [4.69, 9.17) is 9.47 Å². The second-order valence-corrected chi connectivity index (χ2v) is 6.26. The molecular weight excluding hydrogens is 316 g/mol. The molecule has 1 heterocycles. The van der Waals surface area contributed by atoms with Crippen molar-refractivity contribution in [1.82, 2.24) is 0 Å². The van der Waals surface area contributed by atoms with Crippen LogP contribution in [0.1, 0.15) is 23.6 Å². The lowest BCUT2D eigenvalue weighted by Crippen LogP contribution is -2.16. The maximum absolute atomic E-state index is 11.6. The van der Waals surface area contributed by atoms with Crippen LogP contribution in [0.5, 0.6) is 11.5 Å². The molecule has 25 heavy (non-hydrogen) atoms. The van der Waals surface area contributed by atoms with E-state index in [0.717, 1.165) is 18.4 Å². The highest BCUT2D eigenvalue weighted by Gasteiger charge is 2.25. The van der Waals surface area contributed by atoms with Crippen LogP contribution < -0.4 is 9.47 Å². The number of methoxy groups -OCH3 is 1. The van der Waals surface area contributed by atoms with Crippen LogP contribution in [0.15, 0.2) is 58.3 Å². The van der Waals surface area contributed by atoms with Crippen LogP contribution in [0, 0.1) is 0 Å². The smallest absolute Gasteiger partial charge is 0.293 e. The molecule has 1 amide bonds. The molecule has 2 aromatic rings. The summed E-state index contributed by atoms with van der Waals surface area (Å²) in [5.74, 6) is 1.03. The van der Waals surface area contributed by atoms with Crippen molar-refractivity contribution >= 4 is 11.6 Å². The van der Waals surface area contributed by atoms with Gasteiger partial charge in [-0.05, 0) is 36.2 Å². The van der Waals surface area contributed by atoms with Gasteiger partial charge in [-0.25, -0.2) is 0 Å². The fourth-order valence-electron chi connectivity index (χ4n) is 3.32. The van der Waals surface area contributed by atoms with Crippen molar-refractivity contribution in [2.75, 3.05) is 7.11 Å². The summed E-state index contributed by atoms with van der Waals surface area (Å²) in [5.41, 5.74) is 4.60. The first-order valence-electron chi connectivity index (χ1n) is 8.24. The summed E-state index contributed by atoms with van der Waals surface area (Å²) in [6.07, 6.45) is 1.83. The van der Waals surface area contributed by atoms with Crippen LogP contribution >= 0.6 is 0 Å². The molecule has 126 valence electrons. The minimum absolute atomic E-state index is 0.0727. The SMILES string of the molecule is COc1ccc(C2=C(C)C(=O)N=N2)cc1OC1Cc2ccccc2C1. The lowest BCUT2D eigenvalue weighted by Gasteiger charge is -2.17. The van der Waals surface area contributed by atoms with Crippen LogP contribution in [-0.4, -0.2) is 19.1 Å². The predicted molar refractivity (Wildman–Crippen MR) is 93.7 cm³/mol. The second kappa shape index (κ2) is 6.16. The van der Waals surface area contributed by atoms with Gasteiger partial charge >= 0.3 is 0 Å². The number of fused-ring (bicyclic) bond motifs is 1. The van der Waals surface area contributed by atoms with E-state index in [0.29, 0.717) is 22.8 Å². The fraction of sp³-hybridized carbons (Fsp3) is 0.250. The number of azo groups is 1. The van der Waals surface area contributed by atoms with Gasteiger partial charge in [0.25, 0.3) is 5.91 Å². The molecule has 0 unspecified atom stereocenters. The molecule has 0 atom stereocenters. The Morgan fingerprint density at radius 2 is 1.72 bits per heavy atom. The number of ether oxygens (including phenoxy) is 2. The van der Waals surface area contributed by atoms with E-state index in [1.807, 2.05) is 18.2 Å². The van der Waals surface area contributed by atoms with Crippen molar-refractivity contribution < 1.29 is 14.3 Å². The van der Waals surface area contributed by atoms with Gasteiger partial charge in [-0.15, -0.1) is 10.2 Å². The summed E-state index contributed by atoms with van der Waals surface area (Å²) < 4.78 is 11.7. The monoisotopic (exact) mass is 334 g/mol. The van der Waals surface area contributed by atoms with Crippen LogP contribution in [0.3, 0.4) is 0 Å². The number of rotatable bonds is 4. The van der Waals surface area contributed by atoms with E-state index in [1.165, 1.54) is 11.1 Å². The molecule has 1 aliphatic carbocycles. The highest BCUT2D eigenvalue weighted by atomic mass is 16.5. The number of amides is 1. The lowest BCUT2D eigenvalue weighted by atomic mass is 10.1. The summed E-state index contributed by atoms with van der Waals surface area (Å²) in [7, 11) is 1.62. The quantitative estimate of drug-likeness (QED) is 0.850. The highest BCUT2D eigenvalue weighted by molar-refractivity contribution is 6.03. The first kappa shape index (κ1) is 15.6. The maximum Gasteiger partial charge on any atom is 0.293 e. The first-order valence-corrected chi connectivity index (χ1v) is 8.24. The van der Waals surface area contributed by atoms with E-state index >= 15 is 0 Å². The van der Waals surface area contributed by atoms with E-state index in [9.17, 15) is 4.79 Å². The average Bonchev–Trinajstić information content (AvgIpc) is 3.18. The fourth-order valence-corrected chi connectivity index (χ4v) is 3.32. The Hall–Kier alpha value is -2.95. The molecule has 5 nitrogen and oxygen atoms in total. The Kier molecular flexibility index (Phi) is 3.84. The van der Waals surface area contributed by atoms with Gasteiger partial charge in [-0.1, -0.05) is 24.3 Å². The topological polar surface area (TPSA) is 60.2 Å². The van der Waals surface area contributed by atoms with Crippen LogP contribution in [0.2, 0.25) is 0 Å². The van der Waals surface area contributed by atoms with Crippen molar-refractivity contribution in [1.29, 1.82) is 0 Å². The second-order valence-electron chi connectivity index (χ2n) is 6.26. The van der Waals surface area contributed by atoms with Gasteiger partial charge in [0, 0.05) is 24.0 Å². The summed E-state index contributed by atoms with van der Waals surface area (Å²) in [6, 6.07) is 14.0. The number of hydrogen-bond acceptors (Lipinski definition) is 4. The molecule has 0 spiro atoms. The number of carbonyl (C=O) groups excluding carboxylic acids is 1. The molecule has 0 saturated heterocycles. The molecule has 4 rings (SSSR count). The van der Waals surface area contributed by atoms with Gasteiger partial charge in [0.15, 0.2) is 11.5 Å². The lowest BCUT2D eigenvalue weighted by molar-refractivity contribution is -0.114. The molecule has 0 fully saturated rings. The zero-order chi connectivity index (χ0) is 17.4. The van der Waals surface area contributed by atoms with Crippen LogP contribution in [0.4, 0.5) is 0 Å². The Balaban J connectivity index is 1.62. The molecule has 1 aliphatic heterocycles. The predicted octanol–water partition coefficient (Wildman–Crippen LogP) is 3.96. The molecular formula is C20H18N2O3. The Labute approximate surface area is 146 Å². The third-order valence-corrected chi connectivity index (χ3v) is 4.66. The number of hydrogen-bond donors (Lipinski definition) is 0. The van der Waals surface area contributed by atoms with E-state index in [-0.39, 0.29) is 12.0 Å². The number of nitrogens with zero attached hydrogens (tertiary/aromatic N) is 2. The third kappa shape index (κ3) is 2.82. The standard InChI is InChI=1S/C20H18N2O3/c1-12-19(21-22-20(12)23)15-7-8-17(24-2)18(11-15)25-16-9-13-5-3-4-6-14(13)10-16/h3-8,11,16H,9-10H2,1-2H3. The van der Waals surface area contributed by atoms with Gasteiger partial charge < -0.3 is 9.47 Å². The minimum Gasteiger partial charge on any atom is -0.493 e. The summed E-state index contributed by atoms with van der Waals surface area (Å²) >= 11 is 0. The molecule has 5 heteroatoms. The number of carbonyl (C=O) groups is 1. The molecule has 0 radical (unpaired) electrons. The van der Waals surface area contributed by atoms with Crippen molar-refractivity contribution in [3.63, 3.8) is 0 Å². The van der Waals surface area contributed by atoms with E-state index in [1.54, 1.807) is 14.0 Å². The Morgan fingerprint density at radius 3 is 2.32 bits per heavy atom. The van der Waals surface area contributed by atoms with Gasteiger partial charge in [0.1, 0.15) is 11.8 Å². The minimum atomic E-state index is -0.292. The van der Waals surface area contributed by atoms with E-state index < -0.39 is 0 Å². The van der Waals surface area contributed by atoms with Gasteiger partial charge in [-0.2, -0.15) is 0 Å². The molecule has 2 aliphatic rings. The normalized spacial score (nSPS) is 16.5. The van der Waals surface area contributed by atoms with Crippen molar-refractivity contribution in [2.45, 2.75) is 25.9 Å². The zero-order valence-electron chi connectivity index (χ0n) is 14.2. The zero-order valence-corrected chi connectivity index (χ0v) is 14.2. The van der Waals surface area contributed by atoms with Crippen molar-refractivity contribution in [3.05, 3.63) is 64.7 Å². The summed E-state index contributed by atoms with van der Waals surface area (Å²) in [6.45, 7) is 1.73. The summed E-state index contributed by atoms with van der Waals surface area (Å²) in [5, 5.41) is 7.61.